The maximum absolute atomic E-state index is 5.91. The minimum Gasteiger partial charge on any atom is -0.472 e. The third-order valence-electron chi connectivity index (χ3n) is 3.21. The fourth-order valence-electron chi connectivity index (χ4n) is 2.15. The molecule has 0 bridgehead atoms. The highest BCUT2D eigenvalue weighted by molar-refractivity contribution is 5.25. The van der Waals surface area contributed by atoms with Crippen molar-refractivity contribution in [2.24, 2.45) is 5.73 Å². The van der Waals surface area contributed by atoms with Crippen LogP contribution in [0.4, 0.5) is 0 Å². The van der Waals surface area contributed by atoms with Crippen LogP contribution in [-0.4, -0.2) is 23.5 Å². The number of hydrogen-bond donors (Lipinski definition) is 1. The van der Waals surface area contributed by atoms with Crippen molar-refractivity contribution in [2.75, 3.05) is 13.6 Å². The van der Waals surface area contributed by atoms with E-state index in [1.54, 1.807) is 12.5 Å². The molecule has 0 saturated heterocycles. The second-order valence-corrected chi connectivity index (χ2v) is 4.53. The van der Waals surface area contributed by atoms with E-state index in [2.05, 4.69) is 23.9 Å². The minimum atomic E-state index is 0.175. The molecule has 0 aromatic carbocycles. The lowest BCUT2D eigenvalue weighted by atomic mass is 10.0. The third kappa shape index (κ3) is 2.78. The van der Waals surface area contributed by atoms with Crippen molar-refractivity contribution in [1.29, 1.82) is 0 Å². The van der Waals surface area contributed by atoms with Gasteiger partial charge < -0.3 is 10.2 Å². The smallest absolute Gasteiger partial charge is 0.0947 e. The standard InChI is InChI=1S/C14H19N3O/c1-11-3-5-16-8-13(11)14(7-15)17(2)9-12-4-6-18-10-12/h3-6,8,10,14H,7,9,15H2,1-2H3. The normalized spacial score (nSPS) is 12.9. The molecule has 2 aromatic heterocycles. The molecular weight excluding hydrogens is 226 g/mol. The van der Waals surface area contributed by atoms with Crippen LogP contribution in [0.5, 0.6) is 0 Å². The summed E-state index contributed by atoms with van der Waals surface area (Å²) >= 11 is 0. The first-order chi connectivity index (χ1) is 8.72. The number of nitrogens with two attached hydrogens (primary N) is 1. The highest BCUT2D eigenvalue weighted by Crippen LogP contribution is 2.22. The summed E-state index contributed by atoms with van der Waals surface area (Å²) in [5.74, 6) is 0. The summed E-state index contributed by atoms with van der Waals surface area (Å²) in [6, 6.07) is 4.16. The van der Waals surface area contributed by atoms with Gasteiger partial charge in [0.2, 0.25) is 0 Å². The second-order valence-electron chi connectivity index (χ2n) is 4.53. The first-order valence-corrected chi connectivity index (χ1v) is 6.04. The van der Waals surface area contributed by atoms with Gasteiger partial charge in [-0.15, -0.1) is 0 Å². The van der Waals surface area contributed by atoms with Gasteiger partial charge in [0, 0.05) is 37.1 Å². The number of furan rings is 1. The predicted octanol–water partition coefficient (Wildman–Crippen LogP) is 2.11. The van der Waals surface area contributed by atoms with Gasteiger partial charge >= 0.3 is 0 Å². The Bertz CT molecular complexity index is 482. The quantitative estimate of drug-likeness (QED) is 0.876. The van der Waals surface area contributed by atoms with E-state index in [1.807, 2.05) is 24.5 Å². The first-order valence-electron chi connectivity index (χ1n) is 6.04. The zero-order chi connectivity index (χ0) is 13.0. The Morgan fingerprint density at radius 2 is 2.28 bits per heavy atom. The van der Waals surface area contributed by atoms with Crippen molar-refractivity contribution in [3.63, 3.8) is 0 Å². The van der Waals surface area contributed by atoms with Crippen LogP contribution in [0.2, 0.25) is 0 Å². The molecule has 4 heteroatoms. The van der Waals surface area contributed by atoms with E-state index in [0.717, 1.165) is 12.1 Å². The van der Waals surface area contributed by atoms with E-state index in [-0.39, 0.29) is 6.04 Å². The fraction of sp³-hybridized carbons (Fsp3) is 0.357. The molecule has 1 atom stereocenters. The molecule has 0 spiro atoms. The molecule has 0 aliphatic carbocycles. The molecule has 0 aliphatic heterocycles. The molecule has 4 nitrogen and oxygen atoms in total. The fourth-order valence-corrected chi connectivity index (χ4v) is 2.15. The van der Waals surface area contributed by atoms with Gasteiger partial charge in [0.1, 0.15) is 0 Å². The molecule has 0 aliphatic rings. The van der Waals surface area contributed by atoms with Gasteiger partial charge in [-0.2, -0.15) is 0 Å². The molecule has 0 radical (unpaired) electrons. The van der Waals surface area contributed by atoms with E-state index in [4.69, 9.17) is 10.2 Å². The number of aromatic nitrogens is 1. The van der Waals surface area contributed by atoms with Crippen molar-refractivity contribution < 1.29 is 4.42 Å². The number of rotatable bonds is 5. The molecule has 18 heavy (non-hydrogen) atoms. The topological polar surface area (TPSA) is 55.3 Å². The number of aryl methyl sites for hydroxylation is 1. The highest BCUT2D eigenvalue weighted by Gasteiger charge is 2.17. The highest BCUT2D eigenvalue weighted by atomic mass is 16.3. The summed E-state index contributed by atoms with van der Waals surface area (Å²) in [6.07, 6.45) is 7.16. The summed E-state index contributed by atoms with van der Waals surface area (Å²) in [5.41, 5.74) is 9.47. The molecule has 1 unspecified atom stereocenters. The van der Waals surface area contributed by atoms with E-state index < -0.39 is 0 Å². The zero-order valence-corrected chi connectivity index (χ0v) is 10.8. The Morgan fingerprint density at radius 1 is 1.44 bits per heavy atom. The number of nitrogens with zero attached hydrogens (tertiary/aromatic N) is 2. The average Bonchev–Trinajstić information content (AvgIpc) is 2.85. The minimum absolute atomic E-state index is 0.175. The maximum Gasteiger partial charge on any atom is 0.0947 e. The average molecular weight is 245 g/mol. The van der Waals surface area contributed by atoms with Gasteiger partial charge in [0.15, 0.2) is 0 Å². The Hall–Kier alpha value is -1.65. The van der Waals surface area contributed by atoms with E-state index in [0.29, 0.717) is 6.54 Å². The maximum atomic E-state index is 5.91. The van der Waals surface area contributed by atoms with E-state index in [1.165, 1.54) is 11.1 Å². The number of hydrogen-bond acceptors (Lipinski definition) is 4. The van der Waals surface area contributed by atoms with Crippen LogP contribution < -0.4 is 5.73 Å². The van der Waals surface area contributed by atoms with Gasteiger partial charge in [-0.25, -0.2) is 0 Å². The Labute approximate surface area is 107 Å². The van der Waals surface area contributed by atoms with Crippen LogP contribution >= 0.6 is 0 Å². The van der Waals surface area contributed by atoms with E-state index >= 15 is 0 Å². The van der Waals surface area contributed by atoms with Crippen LogP contribution in [0.25, 0.3) is 0 Å². The summed E-state index contributed by atoms with van der Waals surface area (Å²) in [7, 11) is 2.07. The number of pyridine rings is 1. The zero-order valence-electron chi connectivity index (χ0n) is 10.8. The molecule has 0 amide bonds. The molecule has 0 saturated carbocycles. The van der Waals surface area contributed by atoms with Crippen molar-refractivity contribution in [3.8, 4) is 0 Å². The van der Waals surface area contributed by atoms with Crippen LogP contribution in [0.1, 0.15) is 22.7 Å². The van der Waals surface area contributed by atoms with Gasteiger partial charge in [-0.3, -0.25) is 9.88 Å². The predicted molar refractivity (Wildman–Crippen MR) is 70.9 cm³/mol. The van der Waals surface area contributed by atoms with Crippen molar-refractivity contribution in [1.82, 2.24) is 9.88 Å². The third-order valence-corrected chi connectivity index (χ3v) is 3.21. The van der Waals surface area contributed by atoms with Gasteiger partial charge in [0.05, 0.1) is 12.5 Å². The van der Waals surface area contributed by atoms with E-state index in [9.17, 15) is 0 Å². The van der Waals surface area contributed by atoms with Crippen molar-refractivity contribution >= 4 is 0 Å². The molecule has 2 rings (SSSR count). The lowest BCUT2D eigenvalue weighted by Gasteiger charge is -2.27. The Balaban J connectivity index is 2.16. The van der Waals surface area contributed by atoms with Crippen LogP contribution in [-0.2, 0) is 6.54 Å². The molecule has 96 valence electrons. The molecular formula is C14H19N3O. The van der Waals surface area contributed by atoms with Crippen molar-refractivity contribution in [2.45, 2.75) is 19.5 Å². The van der Waals surface area contributed by atoms with Crippen molar-refractivity contribution in [3.05, 3.63) is 53.7 Å². The largest absolute Gasteiger partial charge is 0.472 e. The Kier molecular flexibility index (Phi) is 4.12. The van der Waals surface area contributed by atoms with Gasteiger partial charge in [-0.05, 0) is 37.2 Å². The summed E-state index contributed by atoms with van der Waals surface area (Å²) < 4.78 is 5.09. The van der Waals surface area contributed by atoms with Gasteiger partial charge in [-0.1, -0.05) is 0 Å². The lowest BCUT2D eigenvalue weighted by Crippen LogP contribution is -2.30. The molecule has 2 N–H and O–H groups in total. The SMILES string of the molecule is Cc1ccncc1C(CN)N(C)Cc1ccoc1. The molecule has 0 fully saturated rings. The second kappa shape index (κ2) is 5.80. The summed E-state index contributed by atoms with van der Waals surface area (Å²) in [5, 5.41) is 0. The van der Waals surface area contributed by atoms with Crippen LogP contribution in [0, 0.1) is 6.92 Å². The van der Waals surface area contributed by atoms with Crippen LogP contribution in [0.3, 0.4) is 0 Å². The first kappa shape index (κ1) is 12.8. The lowest BCUT2D eigenvalue weighted by molar-refractivity contribution is 0.240. The monoisotopic (exact) mass is 245 g/mol. The van der Waals surface area contributed by atoms with Gasteiger partial charge in [0.25, 0.3) is 0 Å². The molecule has 2 aromatic rings. The summed E-state index contributed by atoms with van der Waals surface area (Å²) in [6.45, 7) is 3.47. The Morgan fingerprint density at radius 3 is 2.89 bits per heavy atom. The molecule has 2 heterocycles. The number of likely N-dealkylation sites (N-methyl/N-ethyl adjacent to an activating group) is 1. The summed E-state index contributed by atoms with van der Waals surface area (Å²) in [4.78, 5) is 6.41. The van der Waals surface area contributed by atoms with Crippen LogP contribution in [0.15, 0.2) is 41.5 Å².